The van der Waals surface area contributed by atoms with E-state index in [-0.39, 0.29) is 6.04 Å². The molecule has 1 aliphatic heterocycles. The van der Waals surface area contributed by atoms with Gasteiger partial charge in [-0.05, 0) is 49.7 Å². The third kappa shape index (κ3) is 2.83. The molecule has 1 aliphatic carbocycles. The van der Waals surface area contributed by atoms with Crippen molar-refractivity contribution in [2.24, 2.45) is 11.1 Å². The molecular formula is C17H27N3. The van der Waals surface area contributed by atoms with Crippen molar-refractivity contribution in [1.29, 1.82) is 0 Å². The van der Waals surface area contributed by atoms with Gasteiger partial charge in [-0.2, -0.15) is 0 Å². The molecule has 1 spiro atoms. The molecule has 20 heavy (non-hydrogen) atoms. The normalized spacial score (nSPS) is 23.8. The molecule has 1 saturated heterocycles. The lowest BCUT2D eigenvalue weighted by molar-refractivity contribution is 0.144. The molecule has 110 valence electrons. The molecule has 3 rings (SSSR count). The Morgan fingerprint density at radius 2 is 1.80 bits per heavy atom. The van der Waals surface area contributed by atoms with E-state index in [0.717, 1.165) is 11.4 Å². The van der Waals surface area contributed by atoms with Crippen molar-refractivity contribution in [3.05, 3.63) is 23.9 Å². The maximum Gasteiger partial charge on any atom is 0.128 e. The fraction of sp³-hybridized carbons (Fsp3) is 0.706. The second-order valence-corrected chi connectivity index (χ2v) is 6.79. The van der Waals surface area contributed by atoms with Gasteiger partial charge in [0, 0.05) is 25.3 Å². The van der Waals surface area contributed by atoms with Crippen molar-refractivity contribution >= 4 is 5.82 Å². The highest BCUT2D eigenvalue weighted by molar-refractivity contribution is 5.40. The lowest BCUT2D eigenvalue weighted by Gasteiger charge is -2.44. The molecule has 1 aromatic rings. The molecular weight excluding hydrogens is 246 g/mol. The minimum absolute atomic E-state index is 0.0726. The van der Waals surface area contributed by atoms with Crippen LogP contribution >= 0.6 is 0 Å². The first-order chi connectivity index (χ1) is 9.69. The number of pyridine rings is 1. The van der Waals surface area contributed by atoms with Gasteiger partial charge in [-0.1, -0.05) is 25.3 Å². The summed E-state index contributed by atoms with van der Waals surface area (Å²) >= 11 is 0. The number of hydrogen-bond acceptors (Lipinski definition) is 3. The minimum atomic E-state index is 0.0726. The van der Waals surface area contributed by atoms with E-state index in [1.807, 2.05) is 13.1 Å². The average Bonchev–Trinajstić information content (AvgIpc) is 2.49. The van der Waals surface area contributed by atoms with Gasteiger partial charge in [0.15, 0.2) is 0 Å². The van der Waals surface area contributed by atoms with E-state index < -0.39 is 0 Å². The zero-order valence-corrected chi connectivity index (χ0v) is 12.6. The van der Waals surface area contributed by atoms with E-state index in [9.17, 15) is 0 Å². The summed E-state index contributed by atoms with van der Waals surface area (Å²) in [7, 11) is 0. The maximum atomic E-state index is 5.88. The molecule has 1 unspecified atom stereocenters. The number of rotatable bonds is 2. The van der Waals surface area contributed by atoms with Gasteiger partial charge in [-0.25, -0.2) is 4.98 Å². The van der Waals surface area contributed by atoms with Gasteiger partial charge in [-0.3, -0.25) is 0 Å². The SMILES string of the molecule is CC(N)c1ccc(N2CCC3(CCCCC3)CC2)nc1. The van der Waals surface area contributed by atoms with Gasteiger partial charge >= 0.3 is 0 Å². The Bertz CT molecular complexity index is 422. The van der Waals surface area contributed by atoms with Crippen LogP contribution in [0.15, 0.2) is 18.3 Å². The summed E-state index contributed by atoms with van der Waals surface area (Å²) in [6.45, 7) is 4.35. The van der Waals surface area contributed by atoms with Crippen molar-refractivity contribution in [3.8, 4) is 0 Å². The number of aromatic nitrogens is 1. The minimum Gasteiger partial charge on any atom is -0.357 e. The van der Waals surface area contributed by atoms with E-state index in [0.29, 0.717) is 5.41 Å². The summed E-state index contributed by atoms with van der Waals surface area (Å²) in [6.07, 6.45) is 11.9. The van der Waals surface area contributed by atoms with Gasteiger partial charge in [-0.15, -0.1) is 0 Å². The Labute approximate surface area is 122 Å². The quantitative estimate of drug-likeness (QED) is 0.894. The molecule has 3 heteroatoms. The topological polar surface area (TPSA) is 42.1 Å². The summed E-state index contributed by atoms with van der Waals surface area (Å²) in [5.74, 6) is 1.13. The highest BCUT2D eigenvalue weighted by Gasteiger charge is 2.35. The molecule has 2 fully saturated rings. The van der Waals surface area contributed by atoms with Crippen molar-refractivity contribution in [2.75, 3.05) is 18.0 Å². The van der Waals surface area contributed by atoms with Crippen LogP contribution in [0.5, 0.6) is 0 Å². The van der Waals surface area contributed by atoms with E-state index in [2.05, 4.69) is 22.0 Å². The zero-order chi connectivity index (χ0) is 14.0. The molecule has 1 saturated carbocycles. The monoisotopic (exact) mass is 273 g/mol. The lowest BCUT2D eigenvalue weighted by atomic mass is 9.68. The first-order valence-electron chi connectivity index (χ1n) is 8.15. The standard InChI is InChI=1S/C17H27N3/c1-14(18)15-5-6-16(19-13-15)20-11-9-17(10-12-20)7-3-2-4-8-17/h5-6,13-14H,2-4,7-12,18H2,1H3. The molecule has 1 atom stereocenters. The predicted octanol–water partition coefficient (Wildman–Crippen LogP) is 3.65. The van der Waals surface area contributed by atoms with Crippen LogP contribution in [0.3, 0.4) is 0 Å². The Kier molecular flexibility index (Phi) is 3.97. The van der Waals surface area contributed by atoms with Gasteiger partial charge in [0.05, 0.1) is 0 Å². The molecule has 2 aliphatic rings. The average molecular weight is 273 g/mol. The van der Waals surface area contributed by atoms with Crippen LogP contribution in [0.25, 0.3) is 0 Å². The van der Waals surface area contributed by atoms with Crippen LogP contribution in [0.1, 0.15) is 63.5 Å². The largest absolute Gasteiger partial charge is 0.357 e. The second kappa shape index (κ2) is 5.72. The first kappa shape index (κ1) is 13.9. The lowest BCUT2D eigenvalue weighted by Crippen LogP contribution is -2.41. The van der Waals surface area contributed by atoms with Crippen molar-refractivity contribution in [2.45, 2.75) is 57.9 Å². The van der Waals surface area contributed by atoms with Crippen LogP contribution < -0.4 is 10.6 Å². The molecule has 3 nitrogen and oxygen atoms in total. The van der Waals surface area contributed by atoms with E-state index in [1.165, 1.54) is 58.0 Å². The fourth-order valence-electron chi connectivity index (χ4n) is 3.87. The number of piperidine rings is 1. The number of anilines is 1. The summed E-state index contributed by atoms with van der Waals surface area (Å²) < 4.78 is 0. The Balaban J connectivity index is 1.62. The molecule has 0 bridgehead atoms. The Morgan fingerprint density at radius 3 is 2.35 bits per heavy atom. The molecule has 0 amide bonds. The second-order valence-electron chi connectivity index (χ2n) is 6.79. The van der Waals surface area contributed by atoms with Crippen LogP contribution in [0.4, 0.5) is 5.82 Å². The summed E-state index contributed by atoms with van der Waals surface area (Å²) in [6, 6.07) is 4.33. The van der Waals surface area contributed by atoms with Crippen LogP contribution in [0, 0.1) is 5.41 Å². The Hall–Kier alpha value is -1.09. The summed E-state index contributed by atoms with van der Waals surface area (Å²) in [4.78, 5) is 7.05. The number of nitrogens with two attached hydrogens (primary N) is 1. The van der Waals surface area contributed by atoms with E-state index in [1.54, 1.807) is 0 Å². The number of nitrogens with zero attached hydrogens (tertiary/aromatic N) is 2. The fourth-order valence-corrected chi connectivity index (χ4v) is 3.87. The summed E-state index contributed by atoms with van der Waals surface area (Å²) in [5.41, 5.74) is 7.67. The van der Waals surface area contributed by atoms with Crippen LogP contribution in [-0.4, -0.2) is 18.1 Å². The van der Waals surface area contributed by atoms with E-state index >= 15 is 0 Å². The molecule has 1 aromatic heterocycles. The Morgan fingerprint density at radius 1 is 1.10 bits per heavy atom. The van der Waals surface area contributed by atoms with Crippen LogP contribution in [-0.2, 0) is 0 Å². The van der Waals surface area contributed by atoms with Crippen LogP contribution in [0.2, 0.25) is 0 Å². The molecule has 2 heterocycles. The zero-order valence-electron chi connectivity index (χ0n) is 12.6. The third-order valence-electron chi connectivity index (χ3n) is 5.36. The summed E-state index contributed by atoms with van der Waals surface area (Å²) in [5, 5.41) is 0. The van der Waals surface area contributed by atoms with Gasteiger partial charge in [0.25, 0.3) is 0 Å². The third-order valence-corrected chi connectivity index (χ3v) is 5.36. The predicted molar refractivity (Wildman–Crippen MR) is 83.8 cm³/mol. The van der Waals surface area contributed by atoms with Gasteiger partial charge in [0.1, 0.15) is 5.82 Å². The molecule has 2 N–H and O–H groups in total. The number of hydrogen-bond donors (Lipinski definition) is 1. The van der Waals surface area contributed by atoms with Crippen molar-refractivity contribution in [1.82, 2.24) is 4.98 Å². The van der Waals surface area contributed by atoms with Gasteiger partial charge < -0.3 is 10.6 Å². The maximum absolute atomic E-state index is 5.88. The highest BCUT2D eigenvalue weighted by Crippen LogP contribution is 2.44. The van der Waals surface area contributed by atoms with Gasteiger partial charge in [0.2, 0.25) is 0 Å². The highest BCUT2D eigenvalue weighted by atomic mass is 15.2. The van der Waals surface area contributed by atoms with Crippen molar-refractivity contribution in [3.63, 3.8) is 0 Å². The first-order valence-corrected chi connectivity index (χ1v) is 8.15. The molecule has 0 radical (unpaired) electrons. The van der Waals surface area contributed by atoms with E-state index in [4.69, 9.17) is 5.73 Å². The van der Waals surface area contributed by atoms with Crippen molar-refractivity contribution < 1.29 is 0 Å². The smallest absolute Gasteiger partial charge is 0.128 e. The molecule has 0 aromatic carbocycles.